The Balaban J connectivity index is 1.94. The molecule has 118 valence electrons. The Labute approximate surface area is 134 Å². The van der Waals surface area contributed by atoms with E-state index >= 15 is 0 Å². The Morgan fingerprint density at radius 1 is 0.955 bits per heavy atom. The van der Waals surface area contributed by atoms with Crippen LogP contribution in [0.2, 0.25) is 0 Å². The van der Waals surface area contributed by atoms with Crippen molar-refractivity contribution in [3.8, 4) is 5.75 Å². The smallest absolute Gasteiger partial charge is 0.118 e. The Bertz CT molecular complexity index is 579. The fraction of sp³-hybridized carbons (Fsp3) is 0.400. The van der Waals surface area contributed by atoms with E-state index in [9.17, 15) is 0 Å². The molecule has 0 aliphatic rings. The van der Waals surface area contributed by atoms with E-state index in [1.54, 1.807) is 7.11 Å². The number of rotatable bonds is 5. The topological polar surface area (TPSA) is 21.3 Å². The van der Waals surface area contributed by atoms with Gasteiger partial charge in [0.25, 0.3) is 0 Å². The molecule has 0 radical (unpaired) electrons. The fourth-order valence-electron chi connectivity index (χ4n) is 2.40. The molecule has 0 amide bonds. The SMILES string of the molecule is COc1ccc(C(C)NCc2ccc(C(C)(C)C)cc2)cc1. The van der Waals surface area contributed by atoms with Gasteiger partial charge in [-0.25, -0.2) is 0 Å². The first-order valence-corrected chi connectivity index (χ1v) is 7.87. The van der Waals surface area contributed by atoms with Crippen molar-refractivity contribution in [3.05, 3.63) is 65.2 Å². The number of hydrogen-bond donors (Lipinski definition) is 1. The van der Waals surface area contributed by atoms with Crippen molar-refractivity contribution in [1.29, 1.82) is 0 Å². The first-order valence-electron chi connectivity index (χ1n) is 7.87. The summed E-state index contributed by atoms with van der Waals surface area (Å²) in [5, 5.41) is 3.57. The highest BCUT2D eigenvalue weighted by atomic mass is 16.5. The van der Waals surface area contributed by atoms with Crippen LogP contribution in [0.5, 0.6) is 5.75 Å². The maximum absolute atomic E-state index is 5.20. The second-order valence-electron chi connectivity index (χ2n) is 6.82. The van der Waals surface area contributed by atoms with E-state index < -0.39 is 0 Å². The van der Waals surface area contributed by atoms with Gasteiger partial charge in [-0.3, -0.25) is 0 Å². The average molecular weight is 297 g/mol. The zero-order valence-electron chi connectivity index (χ0n) is 14.3. The van der Waals surface area contributed by atoms with Crippen molar-refractivity contribution in [2.45, 2.75) is 45.7 Å². The van der Waals surface area contributed by atoms with E-state index in [2.05, 4.69) is 69.4 Å². The van der Waals surface area contributed by atoms with Crippen LogP contribution in [0, 0.1) is 0 Å². The molecule has 1 atom stereocenters. The molecule has 0 spiro atoms. The molecule has 0 aromatic heterocycles. The lowest BCUT2D eigenvalue weighted by atomic mass is 9.87. The Morgan fingerprint density at radius 2 is 1.55 bits per heavy atom. The van der Waals surface area contributed by atoms with Gasteiger partial charge in [0.05, 0.1) is 7.11 Å². The summed E-state index contributed by atoms with van der Waals surface area (Å²) in [6.07, 6.45) is 0. The third-order valence-electron chi connectivity index (χ3n) is 4.05. The van der Waals surface area contributed by atoms with Crippen LogP contribution in [0.1, 0.15) is 50.4 Å². The highest BCUT2D eigenvalue weighted by Crippen LogP contribution is 2.22. The van der Waals surface area contributed by atoms with Crippen LogP contribution in [0.4, 0.5) is 0 Å². The minimum Gasteiger partial charge on any atom is -0.497 e. The molecule has 0 saturated heterocycles. The minimum absolute atomic E-state index is 0.211. The van der Waals surface area contributed by atoms with E-state index in [0.29, 0.717) is 6.04 Å². The molecule has 2 heteroatoms. The lowest BCUT2D eigenvalue weighted by molar-refractivity contribution is 0.414. The Hall–Kier alpha value is -1.80. The van der Waals surface area contributed by atoms with Crippen LogP contribution in [0.15, 0.2) is 48.5 Å². The van der Waals surface area contributed by atoms with Crippen LogP contribution in [-0.4, -0.2) is 7.11 Å². The highest BCUT2D eigenvalue weighted by molar-refractivity contribution is 5.30. The summed E-state index contributed by atoms with van der Waals surface area (Å²) in [5.74, 6) is 0.897. The van der Waals surface area contributed by atoms with Gasteiger partial charge >= 0.3 is 0 Å². The van der Waals surface area contributed by atoms with E-state index in [1.807, 2.05) is 12.1 Å². The number of benzene rings is 2. The molecule has 2 aromatic rings. The molecular weight excluding hydrogens is 270 g/mol. The molecule has 0 saturated carbocycles. The van der Waals surface area contributed by atoms with Gasteiger partial charge in [-0.1, -0.05) is 57.2 Å². The minimum atomic E-state index is 0.211. The molecule has 1 N–H and O–H groups in total. The van der Waals surface area contributed by atoms with Crippen LogP contribution in [-0.2, 0) is 12.0 Å². The van der Waals surface area contributed by atoms with E-state index in [0.717, 1.165) is 12.3 Å². The van der Waals surface area contributed by atoms with E-state index in [4.69, 9.17) is 4.74 Å². The Morgan fingerprint density at radius 3 is 2.05 bits per heavy atom. The van der Waals surface area contributed by atoms with Gasteiger partial charge in [0.15, 0.2) is 0 Å². The average Bonchev–Trinajstić information content (AvgIpc) is 2.52. The lowest BCUT2D eigenvalue weighted by Crippen LogP contribution is -2.18. The summed E-state index contributed by atoms with van der Waals surface area (Å²) in [6, 6.07) is 17.4. The van der Waals surface area contributed by atoms with Crippen molar-refractivity contribution in [3.63, 3.8) is 0 Å². The number of nitrogens with one attached hydrogen (secondary N) is 1. The predicted octanol–water partition coefficient (Wildman–Crippen LogP) is 4.84. The first-order chi connectivity index (χ1) is 10.4. The van der Waals surface area contributed by atoms with Crippen molar-refractivity contribution in [2.24, 2.45) is 0 Å². The molecule has 0 bridgehead atoms. The van der Waals surface area contributed by atoms with E-state index in [1.165, 1.54) is 16.7 Å². The van der Waals surface area contributed by atoms with Crippen molar-refractivity contribution in [1.82, 2.24) is 5.32 Å². The van der Waals surface area contributed by atoms with E-state index in [-0.39, 0.29) is 5.41 Å². The fourth-order valence-corrected chi connectivity index (χ4v) is 2.40. The van der Waals surface area contributed by atoms with Crippen LogP contribution in [0.25, 0.3) is 0 Å². The molecule has 2 nitrogen and oxygen atoms in total. The highest BCUT2D eigenvalue weighted by Gasteiger charge is 2.13. The zero-order valence-corrected chi connectivity index (χ0v) is 14.3. The molecule has 0 fully saturated rings. The summed E-state index contributed by atoms with van der Waals surface area (Å²) in [5.41, 5.74) is 4.17. The summed E-state index contributed by atoms with van der Waals surface area (Å²) in [4.78, 5) is 0. The third-order valence-corrected chi connectivity index (χ3v) is 4.05. The molecule has 1 unspecified atom stereocenters. The van der Waals surface area contributed by atoms with Gasteiger partial charge in [0, 0.05) is 12.6 Å². The second kappa shape index (κ2) is 6.97. The monoisotopic (exact) mass is 297 g/mol. The van der Waals surface area contributed by atoms with Crippen LogP contribution < -0.4 is 10.1 Å². The van der Waals surface area contributed by atoms with Crippen LogP contribution >= 0.6 is 0 Å². The summed E-state index contributed by atoms with van der Waals surface area (Å²) >= 11 is 0. The molecule has 0 aliphatic carbocycles. The van der Waals surface area contributed by atoms with Gasteiger partial charge < -0.3 is 10.1 Å². The second-order valence-corrected chi connectivity index (χ2v) is 6.82. The summed E-state index contributed by atoms with van der Waals surface area (Å²) in [6.45, 7) is 9.78. The molecule has 0 heterocycles. The lowest BCUT2D eigenvalue weighted by Gasteiger charge is -2.20. The zero-order chi connectivity index (χ0) is 16.2. The normalized spacial score (nSPS) is 13.0. The van der Waals surface area contributed by atoms with Crippen LogP contribution in [0.3, 0.4) is 0 Å². The van der Waals surface area contributed by atoms with Gasteiger partial charge in [0.2, 0.25) is 0 Å². The molecule has 2 aromatic carbocycles. The summed E-state index contributed by atoms with van der Waals surface area (Å²) in [7, 11) is 1.69. The largest absolute Gasteiger partial charge is 0.497 e. The quantitative estimate of drug-likeness (QED) is 0.852. The number of ether oxygens (including phenoxy) is 1. The van der Waals surface area contributed by atoms with Crippen molar-refractivity contribution in [2.75, 3.05) is 7.11 Å². The molecule has 2 rings (SSSR count). The van der Waals surface area contributed by atoms with Crippen molar-refractivity contribution >= 4 is 0 Å². The van der Waals surface area contributed by atoms with Gasteiger partial charge in [0.1, 0.15) is 5.75 Å². The van der Waals surface area contributed by atoms with Gasteiger partial charge in [-0.2, -0.15) is 0 Å². The maximum Gasteiger partial charge on any atom is 0.118 e. The summed E-state index contributed by atoms with van der Waals surface area (Å²) < 4.78 is 5.20. The van der Waals surface area contributed by atoms with Gasteiger partial charge in [-0.05, 0) is 41.2 Å². The number of hydrogen-bond acceptors (Lipinski definition) is 2. The van der Waals surface area contributed by atoms with Gasteiger partial charge in [-0.15, -0.1) is 0 Å². The molecule has 0 aliphatic heterocycles. The molecular formula is C20H27NO. The Kier molecular flexibility index (Phi) is 5.25. The predicted molar refractivity (Wildman–Crippen MR) is 93.4 cm³/mol. The maximum atomic E-state index is 5.20. The standard InChI is InChI=1S/C20H27NO/c1-15(17-8-12-19(22-5)13-9-17)21-14-16-6-10-18(11-7-16)20(2,3)4/h6-13,15,21H,14H2,1-5H3. The first kappa shape index (κ1) is 16.6. The number of methoxy groups -OCH3 is 1. The van der Waals surface area contributed by atoms with Crippen molar-refractivity contribution < 1.29 is 4.74 Å². The molecule has 22 heavy (non-hydrogen) atoms. The third kappa shape index (κ3) is 4.35.